The number of rotatable bonds is 5. The van der Waals surface area contributed by atoms with Gasteiger partial charge in [0.2, 0.25) is 5.91 Å². The van der Waals surface area contributed by atoms with Crippen molar-refractivity contribution in [1.29, 1.82) is 0 Å². The van der Waals surface area contributed by atoms with Crippen LogP contribution in [-0.2, 0) is 9.59 Å². The van der Waals surface area contributed by atoms with E-state index < -0.39 is 12.0 Å². The van der Waals surface area contributed by atoms with Crippen LogP contribution in [0.4, 0.5) is 0 Å². The SMILES string of the molecule is CC[C@@H](C)[C@H](NC(=O)C12CC3CC(CC(C3)C1)C2)C(=O)O. The maximum absolute atomic E-state index is 12.9. The van der Waals surface area contributed by atoms with Gasteiger partial charge < -0.3 is 10.4 Å². The zero-order chi connectivity index (χ0) is 15.2. The number of nitrogens with one attached hydrogen (secondary N) is 1. The molecule has 0 unspecified atom stereocenters. The first kappa shape index (κ1) is 14.9. The molecule has 0 saturated heterocycles. The summed E-state index contributed by atoms with van der Waals surface area (Å²) in [6, 6.07) is -0.740. The van der Waals surface area contributed by atoms with Crippen molar-refractivity contribution in [2.75, 3.05) is 0 Å². The predicted octanol–water partition coefficient (Wildman–Crippen LogP) is 2.82. The smallest absolute Gasteiger partial charge is 0.326 e. The molecule has 0 radical (unpaired) electrons. The molecule has 118 valence electrons. The van der Waals surface area contributed by atoms with Crippen LogP contribution < -0.4 is 5.32 Å². The van der Waals surface area contributed by atoms with Gasteiger partial charge in [-0.2, -0.15) is 0 Å². The molecule has 4 bridgehead atoms. The zero-order valence-electron chi connectivity index (χ0n) is 13.1. The van der Waals surface area contributed by atoms with Crippen LogP contribution in [0.2, 0.25) is 0 Å². The fraction of sp³-hybridized carbons (Fsp3) is 0.882. The second-order valence-corrected chi connectivity index (χ2v) is 7.87. The lowest BCUT2D eigenvalue weighted by Crippen LogP contribution is -2.57. The van der Waals surface area contributed by atoms with Gasteiger partial charge in [0, 0.05) is 5.41 Å². The van der Waals surface area contributed by atoms with Crippen molar-refractivity contribution in [1.82, 2.24) is 5.32 Å². The summed E-state index contributed by atoms with van der Waals surface area (Å²) in [5, 5.41) is 12.3. The van der Waals surface area contributed by atoms with E-state index in [0.29, 0.717) is 17.8 Å². The minimum Gasteiger partial charge on any atom is -0.480 e. The van der Waals surface area contributed by atoms with Gasteiger partial charge in [-0.25, -0.2) is 4.79 Å². The Labute approximate surface area is 126 Å². The van der Waals surface area contributed by atoms with Crippen molar-refractivity contribution in [2.45, 2.75) is 64.8 Å². The zero-order valence-corrected chi connectivity index (χ0v) is 13.1. The molecule has 1 amide bonds. The molecule has 4 aliphatic carbocycles. The predicted molar refractivity (Wildman–Crippen MR) is 79.6 cm³/mol. The molecule has 4 nitrogen and oxygen atoms in total. The Kier molecular flexibility index (Phi) is 3.74. The molecule has 0 spiro atoms. The number of hydrogen-bond acceptors (Lipinski definition) is 2. The summed E-state index contributed by atoms with van der Waals surface area (Å²) in [7, 11) is 0. The lowest BCUT2D eigenvalue weighted by molar-refractivity contribution is -0.152. The third kappa shape index (κ3) is 2.58. The lowest BCUT2D eigenvalue weighted by Gasteiger charge is -2.55. The van der Waals surface area contributed by atoms with Crippen LogP contribution in [0.1, 0.15) is 58.8 Å². The van der Waals surface area contributed by atoms with Gasteiger partial charge in [-0.1, -0.05) is 20.3 Å². The highest BCUT2D eigenvalue weighted by molar-refractivity contribution is 5.88. The molecule has 4 rings (SSSR count). The first-order valence-corrected chi connectivity index (χ1v) is 8.47. The van der Waals surface area contributed by atoms with Crippen LogP contribution in [0, 0.1) is 29.1 Å². The molecule has 4 saturated carbocycles. The van der Waals surface area contributed by atoms with Gasteiger partial charge >= 0.3 is 5.97 Å². The van der Waals surface area contributed by atoms with Crippen molar-refractivity contribution >= 4 is 11.9 Å². The molecule has 4 heteroatoms. The number of carboxylic acids is 1. The molecule has 2 N–H and O–H groups in total. The second kappa shape index (κ2) is 5.29. The van der Waals surface area contributed by atoms with Crippen molar-refractivity contribution in [3.8, 4) is 0 Å². The summed E-state index contributed by atoms with van der Waals surface area (Å²) >= 11 is 0. The molecule has 0 heterocycles. The minimum absolute atomic E-state index is 0.0225. The van der Waals surface area contributed by atoms with E-state index in [1.165, 1.54) is 19.3 Å². The number of aliphatic carboxylic acids is 1. The van der Waals surface area contributed by atoms with E-state index in [1.807, 2.05) is 13.8 Å². The molecule has 21 heavy (non-hydrogen) atoms. The Morgan fingerprint density at radius 3 is 2.00 bits per heavy atom. The molecular formula is C17H27NO3. The quantitative estimate of drug-likeness (QED) is 0.819. The van der Waals surface area contributed by atoms with Gasteiger partial charge in [-0.15, -0.1) is 0 Å². The van der Waals surface area contributed by atoms with Crippen molar-refractivity contribution in [3.05, 3.63) is 0 Å². The fourth-order valence-corrected chi connectivity index (χ4v) is 5.37. The fourth-order valence-electron chi connectivity index (χ4n) is 5.37. The first-order chi connectivity index (χ1) is 9.93. The van der Waals surface area contributed by atoms with Crippen molar-refractivity contribution in [2.24, 2.45) is 29.1 Å². The molecule has 0 aromatic rings. The van der Waals surface area contributed by atoms with Gasteiger partial charge in [0.05, 0.1) is 0 Å². The number of hydrogen-bond donors (Lipinski definition) is 2. The second-order valence-electron chi connectivity index (χ2n) is 7.87. The van der Waals surface area contributed by atoms with Crippen LogP contribution >= 0.6 is 0 Å². The standard InChI is InChI=1S/C17H27NO3/c1-3-10(2)14(15(19)20)18-16(21)17-7-11-4-12(8-17)6-13(5-11)9-17/h10-14H,3-9H2,1-2H3,(H,18,21)(H,19,20)/t10-,11?,12?,13?,14+,17?/m1/s1. The Morgan fingerprint density at radius 1 is 1.14 bits per heavy atom. The molecular weight excluding hydrogens is 266 g/mol. The molecule has 0 aromatic heterocycles. The Balaban J connectivity index is 1.74. The summed E-state index contributed by atoms with van der Waals surface area (Å²) in [5.74, 6) is 1.20. The van der Waals surface area contributed by atoms with E-state index in [4.69, 9.17) is 0 Å². The van der Waals surface area contributed by atoms with E-state index in [0.717, 1.165) is 25.7 Å². The Hall–Kier alpha value is -1.06. The maximum Gasteiger partial charge on any atom is 0.326 e. The number of amides is 1. The third-order valence-electron chi connectivity index (χ3n) is 6.29. The largest absolute Gasteiger partial charge is 0.480 e. The van der Waals surface area contributed by atoms with Crippen LogP contribution in [0.3, 0.4) is 0 Å². The van der Waals surface area contributed by atoms with E-state index in [1.54, 1.807) is 0 Å². The summed E-state index contributed by atoms with van der Waals surface area (Å²) in [4.78, 5) is 24.3. The first-order valence-electron chi connectivity index (χ1n) is 8.47. The lowest BCUT2D eigenvalue weighted by atomic mass is 9.49. The highest BCUT2D eigenvalue weighted by atomic mass is 16.4. The summed E-state index contributed by atoms with van der Waals surface area (Å²) < 4.78 is 0. The van der Waals surface area contributed by atoms with E-state index in [2.05, 4.69) is 5.32 Å². The molecule has 4 fully saturated rings. The minimum atomic E-state index is -0.901. The average molecular weight is 293 g/mol. The van der Waals surface area contributed by atoms with Crippen LogP contribution in [0.5, 0.6) is 0 Å². The van der Waals surface area contributed by atoms with Crippen LogP contribution in [-0.4, -0.2) is 23.0 Å². The highest BCUT2D eigenvalue weighted by Gasteiger charge is 2.55. The normalized spacial score (nSPS) is 39.8. The molecule has 4 aliphatic rings. The topological polar surface area (TPSA) is 66.4 Å². The highest BCUT2D eigenvalue weighted by Crippen LogP contribution is 2.60. The van der Waals surface area contributed by atoms with Gasteiger partial charge in [0.15, 0.2) is 0 Å². The number of carbonyl (C=O) groups is 2. The third-order valence-corrected chi connectivity index (χ3v) is 6.29. The summed E-state index contributed by atoms with van der Waals surface area (Å²) in [5.41, 5.74) is -0.254. The average Bonchev–Trinajstić information content (AvgIpc) is 2.41. The monoisotopic (exact) mass is 293 g/mol. The van der Waals surface area contributed by atoms with Crippen LogP contribution in [0.15, 0.2) is 0 Å². The molecule has 2 atom stereocenters. The van der Waals surface area contributed by atoms with Gasteiger partial charge in [0.1, 0.15) is 6.04 Å². The van der Waals surface area contributed by atoms with E-state index in [9.17, 15) is 14.7 Å². The summed E-state index contributed by atoms with van der Waals surface area (Å²) in [6.07, 6.45) is 7.59. The number of carbonyl (C=O) groups excluding carboxylic acids is 1. The number of carboxylic acid groups (broad SMARTS) is 1. The summed E-state index contributed by atoms with van der Waals surface area (Å²) in [6.45, 7) is 3.87. The Bertz CT molecular complexity index is 410. The van der Waals surface area contributed by atoms with Crippen LogP contribution in [0.25, 0.3) is 0 Å². The van der Waals surface area contributed by atoms with E-state index >= 15 is 0 Å². The van der Waals surface area contributed by atoms with Crippen molar-refractivity contribution < 1.29 is 14.7 Å². The van der Waals surface area contributed by atoms with Gasteiger partial charge in [-0.05, 0) is 62.2 Å². The molecule has 0 aliphatic heterocycles. The van der Waals surface area contributed by atoms with E-state index in [-0.39, 0.29) is 17.2 Å². The maximum atomic E-state index is 12.9. The Morgan fingerprint density at radius 2 is 1.62 bits per heavy atom. The van der Waals surface area contributed by atoms with Gasteiger partial charge in [-0.3, -0.25) is 4.79 Å². The molecule has 0 aromatic carbocycles. The van der Waals surface area contributed by atoms with Crippen molar-refractivity contribution in [3.63, 3.8) is 0 Å². The van der Waals surface area contributed by atoms with Gasteiger partial charge in [0.25, 0.3) is 0 Å².